The Kier molecular flexibility index (Phi) is 12.4. The first-order valence-corrected chi connectivity index (χ1v) is 26.9. The Morgan fingerprint density at radius 3 is 0.850 bits per heavy atom. The van der Waals surface area contributed by atoms with E-state index in [0.717, 1.165) is 157 Å². The molecule has 0 aliphatic carbocycles. The maximum absolute atomic E-state index is 16.0. The summed E-state index contributed by atoms with van der Waals surface area (Å²) in [5.41, 5.74) is 16.1. The van der Waals surface area contributed by atoms with Crippen molar-refractivity contribution in [1.82, 2.24) is 9.13 Å². The molecule has 12 rings (SSSR count). The topological polar surface area (TPSA) is 9.86 Å². The van der Waals surface area contributed by atoms with Crippen molar-refractivity contribution >= 4 is 43.6 Å². The fourth-order valence-corrected chi connectivity index (χ4v) is 12.7. The number of fused-ring (bicyclic) bond motifs is 6. The lowest BCUT2D eigenvalue weighted by molar-refractivity contribution is -0.288. The molecule has 2 heterocycles. The van der Waals surface area contributed by atoms with Crippen LogP contribution in [0.4, 0.5) is 26.3 Å². The average Bonchev–Trinajstić information content (AvgIpc) is 3.94. The van der Waals surface area contributed by atoms with Crippen LogP contribution >= 0.6 is 0 Å². The lowest BCUT2D eigenvalue weighted by Crippen LogP contribution is -2.54. The summed E-state index contributed by atoms with van der Waals surface area (Å²) in [5, 5.41) is 3.60. The Labute approximate surface area is 462 Å². The van der Waals surface area contributed by atoms with Gasteiger partial charge in [-0.2, -0.15) is 26.3 Å². The normalized spacial score (nSPS) is 12.4. The molecule has 0 unspecified atom stereocenters. The molecule has 0 atom stereocenters. The minimum absolute atomic E-state index is 0.420. The van der Waals surface area contributed by atoms with E-state index in [2.05, 4.69) is 153 Å². The quantitative estimate of drug-likeness (QED) is 0.134. The highest BCUT2D eigenvalue weighted by Crippen LogP contribution is 2.57. The van der Waals surface area contributed by atoms with Gasteiger partial charge in [-0.05, 0) is 224 Å². The third-order valence-corrected chi connectivity index (χ3v) is 16.7. The molecule has 0 amide bonds. The SMILES string of the molecule is Cc1ccc(-c2ccc3c(c2)c2cc(-c4ccc(C)cc4C)ccc2n3-c2ccc(C(c3ccc(-n4c5ccc(-c6ccc(C)cc6C)cc5c5cc(-c6cc(C)c(C)cc6C)ccc54)cc3)(C(F)(F)F)C(F)(F)F)cc2)c(C)c1. The first-order chi connectivity index (χ1) is 38.1. The summed E-state index contributed by atoms with van der Waals surface area (Å²) in [6.07, 6.45) is -11.6. The number of rotatable bonds is 8. The molecule has 80 heavy (non-hydrogen) atoms. The average molecular weight is 1070 g/mol. The maximum atomic E-state index is 16.0. The molecular weight excluding hydrogens is 1010 g/mol. The van der Waals surface area contributed by atoms with E-state index in [4.69, 9.17) is 0 Å². The largest absolute Gasteiger partial charge is 0.411 e. The summed E-state index contributed by atoms with van der Waals surface area (Å²) in [5.74, 6) is 0. The number of benzene rings is 10. The van der Waals surface area contributed by atoms with Crippen LogP contribution in [-0.4, -0.2) is 21.5 Å². The third-order valence-electron chi connectivity index (χ3n) is 16.7. The Bertz CT molecular complexity index is 4350. The highest BCUT2D eigenvalue weighted by Gasteiger charge is 2.72. The van der Waals surface area contributed by atoms with Crippen molar-refractivity contribution in [2.24, 2.45) is 0 Å². The molecule has 10 aromatic carbocycles. The predicted octanol–water partition coefficient (Wildman–Crippen LogP) is 20.7. The minimum atomic E-state index is -5.80. The van der Waals surface area contributed by atoms with Gasteiger partial charge in [-0.1, -0.05) is 132 Å². The number of halogens is 6. The Morgan fingerprint density at radius 1 is 0.263 bits per heavy atom. The van der Waals surface area contributed by atoms with Crippen molar-refractivity contribution < 1.29 is 26.3 Å². The molecule has 12 aromatic rings. The van der Waals surface area contributed by atoms with Crippen molar-refractivity contribution in [2.75, 3.05) is 0 Å². The van der Waals surface area contributed by atoms with Crippen LogP contribution in [0.5, 0.6) is 0 Å². The van der Waals surface area contributed by atoms with Crippen molar-refractivity contribution in [1.29, 1.82) is 0 Å². The fraction of sp³-hybridized carbons (Fsp3) is 0.167. The zero-order chi connectivity index (χ0) is 56.3. The van der Waals surface area contributed by atoms with Crippen LogP contribution in [-0.2, 0) is 5.41 Å². The summed E-state index contributed by atoms with van der Waals surface area (Å²) in [6, 6.07) is 57.3. The standard InChI is InChI=1S/C72H58F6N2/c1-41-10-25-58(46(6)32-41)50-13-28-66-62(37-50)63-38-51(59-26-11-42(2)33-47(59)7)14-29-67(63)79(66)56-21-17-54(18-22-56)70(71(73,74)75,72(76,77)78)55-19-23-57(24-20-55)80-68-30-15-52(60-27-12-43(3)34-48(60)8)39-64(68)65-40-53(16-31-69(65)80)61-36-45(5)44(4)35-49(61)9/h10-40H,1-9H3. The van der Waals surface area contributed by atoms with Crippen molar-refractivity contribution in [3.63, 3.8) is 0 Å². The molecule has 2 nitrogen and oxygen atoms in total. The van der Waals surface area contributed by atoms with Gasteiger partial charge in [0.15, 0.2) is 0 Å². The van der Waals surface area contributed by atoms with Gasteiger partial charge in [-0.25, -0.2) is 0 Å². The molecule has 8 heteroatoms. The summed E-state index contributed by atoms with van der Waals surface area (Å²) in [7, 11) is 0. The highest BCUT2D eigenvalue weighted by molar-refractivity contribution is 6.13. The van der Waals surface area contributed by atoms with E-state index in [0.29, 0.717) is 11.4 Å². The molecule has 0 aliphatic heterocycles. The second-order valence-electron chi connectivity index (χ2n) is 22.1. The van der Waals surface area contributed by atoms with Gasteiger partial charge >= 0.3 is 12.4 Å². The molecule has 0 radical (unpaired) electrons. The number of aromatic nitrogens is 2. The molecule has 0 fully saturated rings. The maximum Gasteiger partial charge on any atom is 0.411 e. The van der Waals surface area contributed by atoms with Crippen LogP contribution in [0.15, 0.2) is 188 Å². The highest BCUT2D eigenvalue weighted by atomic mass is 19.4. The smallest absolute Gasteiger partial charge is 0.309 e. The molecule has 0 spiro atoms. The van der Waals surface area contributed by atoms with Gasteiger partial charge in [0, 0.05) is 32.9 Å². The van der Waals surface area contributed by atoms with Gasteiger partial charge in [0.1, 0.15) is 0 Å². The Morgan fingerprint density at radius 2 is 0.550 bits per heavy atom. The van der Waals surface area contributed by atoms with Gasteiger partial charge < -0.3 is 9.13 Å². The number of nitrogens with zero attached hydrogens (tertiary/aromatic N) is 2. The second-order valence-corrected chi connectivity index (χ2v) is 22.1. The molecule has 0 N–H and O–H groups in total. The first kappa shape index (κ1) is 52.1. The van der Waals surface area contributed by atoms with Gasteiger partial charge in [0.2, 0.25) is 5.41 Å². The summed E-state index contributed by atoms with van der Waals surface area (Å²) in [6.45, 7) is 18.6. The fourth-order valence-electron chi connectivity index (χ4n) is 12.7. The second kappa shape index (κ2) is 19.0. The van der Waals surface area contributed by atoms with Crippen LogP contribution in [0, 0.1) is 62.3 Å². The van der Waals surface area contributed by atoms with Gasteiger partial charge in [0.05, 0.1) is 22.1 Å². The summed E-state index contributed by atoms with van der Waals surface area (Å²) in [4.78, 5) is 0. The lowest BCUT2D eigenvalue weighted by atomic mass is 9.73. The monoisotopic (exact) mass is 1060 g/mol. The van der Waals surface area contributed by atoms with Crippen LogP contribution in [0.3, 0.4) is 0 Å². The number of aryl methyl sites for hydroxylation is 9. The Hall–Kier alpha value is -8.62. The van der Waals surface area contributed by atoms with E-state index < -0.39 is 28.9 Å². The number of alkyl halides is 6. The van der Waals surface area contributed by atoms with Gasteiger partial charge in [-0.15, -0.1) is 0 Å². The molecule has 0 aliphatic rings. The molecule has 2 aromatic heterocycles. The van der Waals surface area contributed by atoms with E-state index in [-0.39, 0.29) is 0 Å². The van der Waals surface area contributed by atoms with Crippen LogP contribution < -0.4 is 0 Å². The van der Waals surface area contributed by atoms with Crippen molar-refractivity contribution in [3.8, 4) is 55.9 Å². The Balaban J connectivity index is 0.993. The van der Waals surface area contributed by atoms with Crippen LogP contribution in [0.1, 0.15) is 61.2 Å². The molecule has 0 saturated carbocycles. The number of hydrogen-bond acceptors (Lipinski definition) is 0. The van der Waals surface area contributed by atoms with E-state index in [1.807, 2.05) is 57.7 Å². The first-order valence-electron chi connectivity index (χ1n) is 26.9. The van der Waals surface area contributed by atoms with Crippen molar-refractivity contribution in [3.05, 3.63) is 249 Å². The van der Waals surface area contributed by atoms with E-state index in [1.165, 1.54) is 29.8 Å². The lowest BCUT2D eigenvalue weighted by Gasteiger charge is -2.38. The van der Waals surface area contributed by atoms with Gasteiger partial charge in [-0.3, -0.25) is 0 Å². The third kappa shape index (κ3) is 8.41. The van der Waals surface area contributed by atoms with E-state index >= 15 is 26.3 Å². The van der Waals surface area contributed by atoms with Crippen LogP contribution in [0.25, 0.3) is 99.5 Å². The summed E-state index contributed by atoms with van der Waals surface area (Å²) >= 11 is 0. The van der Waals surface area contributed by atoms with Crippen molar-refractivity contribution in [2.45, 2.75) is 80.1 Å². The van der Waals surface area contributed by atoms with Gasteiger partial charge in [0.25, 0.3) is 0 Å². The zero-order valence-corrected chi connectivity index (χ0v) is 46.1. The predicted molar refractivity (Wildman–Crippen MR) is 319 cm³/mol. The number of hydrogen-bond donors (Lipinski definition) is 0. The molecule has 398 valence electrons. The molecule has 0 bridgehead atoms. The molecule has 0 saturated heterocycles. The molecular formula is C72H58F6N2. The summed E-state index contributed by atoms with van der Waals surface area (Å²) < 4.78 is 100. The zero-order valence-electron chi connectivity index (χ0n) is 46.1. The van der Waals surface area contributed by atoms with Crippen LogP contribution in [0.2, 0.25) is 0 Å². The van der Waals surface area contributed by atoms with E-state index in [1.54, 1.807) is 0 Å². The minimum Gasteiger partial charge on any atom is -0.309 e. The van der Waals surface area contributed by atoms with E-state index in [9.17, 15) is 0 Å².